The number of carbonyl (C=O) groups excluding carboxylic acids is 1. The molecule has 0 saturated heterocycles. The lowest BCUT2D eigenvalue weighted by atomic mass is 9.88. The van der Waals surface area contributed by atoms with Crippen molar-refractivity contribution in [1.82, 2.24) is 9.97 Å². The number of aromatic amines is 1. The Morgan fingerprint density at radius 2 is 2.13 bits per heavy atom. The summed E-state index contributed by atoms with van der Waals surface area (Å²) in [6.07, 6.45) is 8.55. The fourth-order valence-electron chi connectivity index (χ4n) is 2.91. The van der Waals surface area contributed by atoms with E-state index in [-0.39, 0.29) is 17.5 Å². The molecule has 1 aliphatic carbocycles. The summed E-state index contributed by atoms with van der Waals surface area (Å²) in [7, 11) is 0. The molecule has 23 heavy (non-hydrogen) atoms. The lowest BCUT2D eigenvalue weighted by molar-refractivity contribution is -0.120. The highest BCUT2D eigenvalue weighted by Gasteiger charge is 2.21. The molecule has 0 atom stereocenters. The van der Waals surface area contributed by atoms with Crippen LogP contribution in [0.4, 0.5) is 15.8 Å². The maximum atomic E-state index is 13.9. The highest BCUT2D eigenvalue weighted by Crippen LogP contribution is 2.26. The number of imidazole rings is 1. The summed E-state index contributed by atoms with van der Waals surface area (Å²) in [6, 6.07) is 4.63. The second-order valence-electron chi connectivity index (χ2n) is 5.91. The van der Waals surface area contributed by atoms with E-state index in [0.717, 1.165) is 37.2 Å². The van der Waals surface area contributed by atoms with Crippen molar-refractivity contribution in [1.29, 1.82) is 0 Å². The Bertz CT molecular complexity index is 651. The van der Waals surface area contributed by atoms with Gasteiger partial charge in [0.15, 0.2) is 0 Å². The molecule has 2 aromatic rings. The molecule has 0 spiro atoms. The van der Waals surface area contributed by atoms with Crippen LogP contribution in [-0.4, -0.2) is 15.9 Å². The molecule has 1 heterocycles. The van der Waals surface area contributed by atoms with Crippen molar-refractivity contribution in [3.8, 4) is 0 Å². The highest BCUT2D eigenvalue weighted by molar-refractivity contribution is 5.93. The SMILES string of the molecule is O=C(Nc1cc(NCc2ncc[nH]2)ccc1F)C1CCCCC1. The van der Waals surface area contributed by atoms with E-state index in [1.165, 1.54) is 12.5 Å². The number of H-pyrrole nitrogens is 1. The van der Waals surface area contributed by atoms with Gasteiger partial charge < -0.3 is 15.6 Å². The molecule has 0 unspecified atom stereocenters. The van der Waals surface area contributed by atoms with Crippen molar-refractivity contribution in [3.05, 3.63) is 42.2 Å². The van der Waals surface area contributed by atoms with Gasteiger partial charge in [-0.1, -0.05) is 19.3 Å². The average Bonchev–Trinajstić information content (AvgIpc) is 3.10. The Kier molecular flexibility index (Phi) is 4.90. The summed E-state index contributed by atoms with van der Waals surface area (Å²) in [5.41, 5.74) is 0.965. The van der Waals surface area contributed by atoms with E-state index in [1.807, 2.05) is 0 Å². The average molecular weight is 316 g/mol. The Morgan fingerprint density at radius 3 is 2.87 bits per heavy atom. The summed E-state index contributed by atoms with van der Waals surface area (Å²) < 4.78 is 13.9. The molecule has 1 amide bonds. The molecular formula is C17H21FN4O. The molecule has 1 aromatic heterocycles. The van der Waals surface area contributed by atoms with Gasteiger partial charge in [-0.15, -0.1) is 0 Å². The molecule has 0 radical (unpaired) electrons. The predicted octanol–water partition coefficient (Wildman–Crippen LogP) is 3.68. The first-order valence-electron chi connectivity index (χ1n) is 8.05. The van der Waals surface area contributed by atoms with Gasteiger partial charge in [-0.2, -0.15) is 0 Å². The molecule has 1 aromatic carbocycles. The van der Waals surface area contributed by atoms with E-state index < -0.39 is 5.82 Å². The summed E-state index contributed by atoms with van der Waals surface area (Å²) in [5, 5.41) is 5.89. The highest BCUT2D eigenvalue weighted by atomic mass is 19.1. The number of anilines is 2. The summed E-state index contributed by atoms with van der Waals surface area (Å²) in [5.74, 6) is 0.300. The zero-order valence-electron chi connectivity index (χ0n) is 12.9. The van der Waals surface area contributed by atoms with Crippen molar-refractivity contribution >= 4 is 17.3 Å². The molecular weight excluding hydrogens is 295 g/mol. The molecule has 6 heteroatoms. The number of rotatable bonds is 5. The number of nitrogens with one attached hydrogen (secondary N) is 3. The lowest BCUT2D eigenvalue weighted by Crippen LogP contribution is -2.25. The van der Waals surface area contributed by atoms with Gasteiger partial charge in [0.2, 0.25) is 5.91 Å². The molecule has 122 valence electrons. The molecule has 3 rings (SSSR count). The van der Waals surface area contributed by atoms with Gasteiger partial charge in [0, 0.05) is 24.0 Å². The van der Waals surface area contributed by atoms with Crippen molar-refractivity contribution in [3.63, 3.8) is 0 Å². The Labute approximate surface area is 134 Å². The van der Waals surface area contributed by atoms with Crippen LogP contribution >= 0.6 is 0 Å². The Hall–Kier alpha value is -2.37. The molecule has 5 nitrogen and oxygen atoms in total. The molecule has 0 aliphatic heterocycles. The minimum absolute atomic E-state index is 0.00267. The molecule has 3 N–H and O–H groups in total. The Morgan fingerprint density at radius 1 is 1.30 bits per heavy atom. The topological polar surface area (TPSA) is 69.8 Å². The second kappa shape index (κ2) is 7.26. The zero-order valence-corrected chi connectivity index (χ0v) is 12.9. The smallest absolute Gasteiger partial charge is 0.227 e. The first-order chi connectivity index (χ1) is 11.2. The van der Waals surface area contributed by atoms with Gasteiger partial charge in [0.05, 0.1) is 12.2 Å². The second-order valence-corrected chi connectivity index (χ2v) is 5.91. The Balaban J connectivity index is 1.63. The van der Waals surface area contributed by atoms with Crippen LogP contribution in [0.5, 0.6) is 0 Å². The molecule has 1 saturated carbocycles. The third-order valence-corrected chi connectivity index (χ3v) is 4.22. The van der Waals surface area contributed by atoms with Crippen molar-refractivity contribution in [2.45, 2.75) is 38.6 Å². The summed E-state index contributed by atoms with van der Waals surface area (Å²) >= 11 is 0. The predicted molar refractivity (Wildman–Crippen MR) is 87.5 cm³/mol. The van der Waals surface area contributed by atoms with Crippen LogP contribution in [0.2, 0.25) is 0 Å². The number of halogens is 1. The fourth-order valence-corrected chi connectivity index (χ4v) is 2.91. The van der Waals surface area contributed by atoms with Crippen LogP contribution in [0.3, 0.4) is 0 Å². The van der Waals surface area contributed by atoms with Gasteiger partial charge in [-0.3, -0.25) is 4.79 Å². The van der Waals surface area contributed by atoms with Crippen molar-refractivity contribution < 1.29 is 9.18 Å². The van der Waals surface area contributed by atoms with Crippen LogP contribution in [0.15, 0.2) is 30.6 Å². The first-order valence-corrected chi connectivity index (χ1v) is 8.05. The fraction of sp³-hybridized carbons (Fsp3) is 0.412. The number of nitrogens with zero attached hydrogens (tertiary/aromatic N) is 1. The standard InChI is InChI=1S/C17H21FN4O/c18-14-7-6-13(21-11-16-19-8-9-20-16)10-15(14)22-17(23)12-4-2-1-3-5-12/h6-10,12,21H,1-5,11H2,(H,19,20)(H,22,23). The zero-order chi connectivity index (χ0) is 16.1. The lowest BCUT2D eigenvalue weighted by Gasteiger charge is -2.21. The maximum absolute atomic E-state index is 13.9. The number of aromatic nitrogens is 2. The van der Waals surface area contributed by atoms with Crippen LogP contribution in [-0.2, 0) is 11.3 Å². The first kappa shape index (κ1) is 15.5. The minimum Gasteiger partial charge on any atom is -0.378 e. The van der Waals surface area contributed by atoms with E-state index in [0.29, 0.717) is 6.54 Å². The number of amides is 1. The molecule has 1 aliphatic rings. The minimum atomic E-state index is -0.419. The number of hydrogen-bond donors (Lipinski definition) is 3. The largest absolute Gasteiger partial charge is 0.378 e. The van der Waals surface area contributed by atoms with Gasteiger partial charge >= 0.3 is 0 Å². The van der Waals surface area contributed by atoms with E-state index >= 15 is 0 Å². The third-order valence-electron chi connectivity index (χ3n) is 4.22. The quantitative estimate of drug-likeness (QED) is 0.788. The number of carbonyl (C=O) groups is 1. The van der Waals surface area contributed by atoms with Gasteiger partial charge in [0.25, 0.3) is 0 Å². The third kappa shape index (κ3) is 4.09. The van der Waals surface area contributed by atoms with Crippen LogP contribution in [0, 0.1) is 11.7 Å². The van der Waals surface area contributed by atoms with E-state index in [4.69, 9.17) is 0 Å². The van der Waals surface area contributed by atoms with E-state index in [9.17, 15) is 9.18 Å². The summed E-state index contributed by atoms with van der Waals surface area (Å²) in [4.78, 5) is 19.4. The van der Waals surface area contributed by atoms with Crippen LogP contribution in [0.25, 0.3) is 0 Å². The van der Waals surface area contributed by atoms with E-state index in [2.05, 4.69) is 20.6 Å². The van der Waals surface area contributed by atoms with Gasteiger partial charge in [-0.05, 0) is 31.0 Å². The van der Waals surface area contributed by atoms with Crippen LogP contribution in [0.1, 0.15) is 37.9 Å². The molecule has 0 bridgehead atoms. The number of hydrogen-bond acceptors (Lipinski definition) is 3. The van der Waals surface area contributed by atoms with E-state index in [1.54, 1.807) is 24.5 Å². The van der Waals surface area contributed by atoms with Crippen molar-refractivity contribution in [2.24, 2.45) is 5.92 Å². The van der Waals surface area contributed by atoms with Gasteiger partial charge in [-0.25, -0.2) is 9.37 Å². The normalized spacial score (nSPS) is 15.3. The summed E-state index contributed by atoms with van der Waals surface area (Å²) in [6.45, 7) is 0.509. The number of benzene rings is 1. The van der Waals surface area contributed by atoms with Gasteiger partial charge in [0.1, 0.15) is 11.6 Å². The van der Waals surface area contributed by atoms with Crippen molar-refractivity contribution in [2.75, 3.05) is 10.6 Å². The molecule has 1 fully saturated rings. The monoisotopic (exact) mass is 316 g/mol. The maximum Gasteiger partial charge on any atom is 0.227 e. The van der Waals surface area contributed by atoms with Crippen LogP contribution < -0.4 is 10.6 Å².